The van der Waals surface area contributed by atoms with Gasteiger partial charge in [0.1, 0.15) is 6.33 Å². The number of aliphatic hydroxyl groups is 1. The molecular weight excluding hydrogens is 547 g/mol. The molecule has 12 heteroatoms. The number of hydrogen-bond donors (Lipinski definition) is 2. The standard InChI is InChI=1S/C24H25Cl3N4O4S/c1-14-19(12-36-23-30-28-13-31(23)2)34-21(35-20(14)16-5-3-15(11-32)4-6-16)17-7-9-18(10-8-17)29-22(33)24(25,26)27/h3-10,13-14,19-21,32H,11-12H2,1-2H3,(H,29,33)/t14-,19+,20+,21+/m0/s1. The van der Waals surface area contributed by atoms with Crippen LogP contribution in [0.5, 0.6) is 0 Å². The smallest absolute Gasteiger partial charge is 0.276 e. The quantitative estimate of drug-likeness (QED) is 0.297. The maximum absolute atomic E-state index is 12.0. The predicted molar refractivity (Wildman–Crippen MR) is 140 cm³/mol. The summed E-state index contributed by atoms with van der Waals surface area (Å²) in [7, 11) is 1.90. The fourth-order valence-electron chi connectivity index (χ4n) is 3.80. The molecule has 0 bridgehead atoms. The van der Waals surface area contributed by atoms with E-state index in [4.69, 9.17) is 44.3 Å². The number of amides is 1. The molecule has 3 aromatic rings. The van der Waals surface area contributed by atoms with E-state index in [1.165, 1.54) is 0 Å². The fraction of sp³-hybridized carbons (Fsp3) is 0.375. The number of aromatic nitrogens is 3. The molecule has 0 saturated carbocycles. The van der Waals surface area contributed by atoms with E-state index in [-0.39, 0.29) is 24.7 Å². The Kier molecular flexibility index (Phi) is 8.83. The van der Waals surface area contributed by atoms with E-state index in [1.54, 1.807) is 42.4 Å². The van der Waals surface area contributed by atoms with E-state index in [2.05, 4.69) is 22.4 Å². The van der Waals surface area contributed by atoms with Crippen molar-refractivity contribution in [3.05, 3.63) is 71.5 Å². The highest BCUT2D eigenvalue weighted by Crippen LogP contribution is 2.43. The van der Waals surface area contributed by atoms with Crippen LogP contribution in [0.1, 0.15) is 36.0 Å². The Morgan fingerprint density at radius 2 is 1.78 bits per heavy atom. The zero-order valence-corrected chi connectivity index (χ0v) is 22.6. The third kappa shape index (κ3) is 6.52. The topological polar surface area (TPSA) is 98.5 Å². The SMILES string of the molecule is C[C@H]1[C@@H](CSc2nncn2C)O[C@@H](c2ccc(NC(=O)C(Cl)(Cl)Cl)cc2)O[C@H]1c1ccc(CO)cc1. The lowest BCUT2D eigenvalue weighted by Crippen LogP contribution is -2.38. The molecule has 1 saturated heterocycles. The first-order valence-corrected chi connectivity index (χ1v) is 13.2. The molecule has 1 amide bonds. The molecule has 0 radical (unpaired) electrons. The van der Waals surface area contributed by atoms with Gasteiger partial charge in [-0.3, -0.25) is 4.79 Å². The van der Waals surface area contributed by atoms with Gasteiger partial charge in [-0.05, 0) is 23.3 Å². The Labute approximate surface area is 228 Å². The molecule has 192 valence electrons. The number of carbonyl (C=O) groups excluding carboxylic acids is 1. The van der Waals surface area contributed by atoms with Crippen LogP contribution in [-0.4, -0.2) is 41.4 Å². The van der Waals surface area contributed by atoms with Gasteiger partial charge in [0, 0.05) is 30.0 Å². The first-order valence-electron chi connectivity index (χ1n) is 11.1. The molecule has 8 nitrogen and oxygen atoms in total. The maximum atomic E-state index is 12.0. The van der Waals surface area contributed by atoms with Gasteiger partial charge in [-0.1, -0.05) is 89.9 Å². The number of ether oxygens (including phenoxy) is 2. The van der Waals surface area contributed by atoms with Crippen molar-refractivity contribution in [3.8, 4) is 0 Å². The van der Waals surface area contributed by atoms with Crippen LogP contribution >= 0.6 is 46.6 Å². The van der Waals surface area contributed by atoms with Crippen molar-refractivity contribution in [3.63, 3.8) is 0 Å². The van der Waals surface area contributed by atoms with Crippen molar-refractivity contribution in [2.24, 2.45) is 13.0 Å². The molecule has 2 aromatic carbocycles. The highest BCUT2D eigenvalue weighted by atomic mass is 35.6. The molecule has 1 aliphatic heterocycles. The fourth-order valence-corrected chi connectivity index (χ4v) is 4.99. The molecule has 0 spiro atoms. The largest absolute Gasteiger partial charge is 0.392 e. The summed E-state index contributed by atoms with van der Waals surface area (Å²) < 4.78 is 12.6. The molecule has 0 unspecified atom stereocenters. The van der Waals surface area contributed by atoms with Crippen LogP contribution in [0.3, 0.4) is 0 Å². The van der Waals surface area contributed by atoms with E-state index in [0.29, 0.717) is 11.4 Å². The number of hydrogen-bond acceptors (Lipinski definition) is 7. The monoisotopic (exact) mass is 570 g/mol. The number of anilines is 1. The number of rotatable bonds is 7. The van der Waals surface area contributed by atoms with E-state index < -0.39 is 16.0 Å². The zero-order valence-electron chi connectivity index (χ0n) is 19.5. The lowest BCUT2D eigenvalue weighted by molar-refractivity contribution is -0.268. The molecule has 1 fully saturated rings. The van der Waals surface area contributed by atoms with Crippen LogP contribution in [-0.2, 0) is 27.9 Å². The van der Waals surface area contributed by atoms with Crippen LogP contribution in [0.2, 0.25) is 0 Å². The van der Waals surface area contributed by atoms with E-state index in [0.717, 1.165) is 21.8 Å². The first kappa shape index (κ1) is 27.2. The average Bonchev–Trinajstić information content (AvgIpc) is 3.28. The number of carbonyl (C=O) groups is 1. The van der Waals surface area contributed by atoms with Crippen LogP contribution in [0.15, 0.2) is 60.0 Å². The van der Waals surface area contributed by atoms with Crippen molar-refractivity contribution in [2.75, 3.05) is 11.1 Å². The van der Waals surface area contributed by atoms with Crippen LogP contribution in [0.4, 0.5) is 5.69 Å². The molecule has 2 heterocycles. The summed E-state index contributed by atoms with van der Waals surface area (Å²) >= 11 is 18.5. The van der Waals surface area contributed by atoms with Gasteiger partial charge in [0.05, 0.1) is 18.8 Å². The number of nitrogens with one attached hydrogen (secondary N) is 1. The summed E-state index contributed by atoms with van der Waals surface area (Å²) in [5, 5.41) is 20.9. The van der Waals surface area contributed by atoms with Gasteiger partial charge in [-0.2, -0.15) is 0 Å². The van der Waals surface area contributed by atoms with Crippen LogP contribution in [0.25, 0.3) is 0 Å². The van der Waals surface area contributed by atoms with Crippen molar-refractivity contribution in [1.29, 1.82) is 0 Å². The summed E-state index contributed by atoms with van der Waals surface area (Å²) in [5.74, 6) is -0.0628. The molecule has 2 N–H and O–H groups in total. The van der Waals surface area contributed by atoms with Crippen molar-refractivity contribution in [1.82, 2.24) is 14.8 Å². The molecule has 4 rings (SSSR count). The number of aryl methyl sites for hydroxylation is 1. The van der Waals surface area contributed by atoms with E-state index >= 15 is 0 Å². The second-order valence-electron chi connectivity index (χ2n) is 8.43. The lowest BCUT2D eigenvalue weighted by Gasteiger charge is -2.41. The molecule has 1 aliphatic rings. The van der Waals surface area contributed by atoms with Gasteiger partial charge in [0.2, 0.25) is 0 Å². The Bertz CT molecular complexity index is 1170. The minimum Gasteiger partial charge on any atom is -0.392 e. The minimum atomic E-state index is -2.06. The van der Waals surface area contributed by atoms with Crippen molar-refractivity contribution >= 4 is 58.2 Å². The Balaban J connectivity index is 1.55. The van der Waals surface area contributed by atoms with Crippen molar-refractivity contribution in [2.45, 2.75) is 41.0 Å². The number of thioether (sulfide) groups is 1. The number of alkyl halides is 3. The second-order valence-corrected chi connectivity index (χ2v) is 11.7. The molecular formula is C24H25Cl3N4O4S. The number of benzene rings is 2. The molecule has 0 aliphatic carbocycles. The van der Waals surface area contributed by atoms with Crippen LogP contribution < -0.4 is 5.32 Å². The van der Waals surface area contributed by atoms with Gasteiger partial charge >= 0.3 is 0 Å². The molecule has 36 heavy (non-hydrogen) atoms. The predicted octanol–water partition coefficient (Wildman–Crippen LogP) is 5.20. The second kappa shape index (κ2) is 11.7. The van der Waals surface area contributed by atoms with E-state index in [1.807, 2.05) is 35.9 Å². The van der Waals surface area contributed by atoms with Crippen molar-refractivity contribution < 1.29 is 19.4 Å². The van der Waals surface area contributed by atoms with E-state index in [9.17, 15) is 9.90 Å². The summed E-state index contributed by atoms with van der Waals surface area (Å²) in [6.07, 6.45) is 0.613. The average molecular weight is 572 g/mol. The first-order chi connectivity index (χ1) is 17.2. The highest BCUT2D eigenvalue weighted by molar-refractivity contribution is 7.99. The van der Waals surface area contributed by atoms with Gasteiger partial charge in [0.25, 0.3) is 9.70 Å². The summed E-state index contributed by atoms with van der Waals surface area (Å²) in [6, 6.07) is 14.7. The molecule has 1 aromatic heterocycles. The lowest BCUT2D eigenvalue weighted by atomic mass is 9.91. The Morgan fingerprint density at radius 3 is 2.36 bits per heavy atom. The molecule has 4 atom stereocenters. The van der Waals surface area contributed by atoms with Gasteiger partial charge in [-0.15, -0.1) is 10.2 Å². The minimum absolute atomic E-state index is 0.0226. The number of aliphatic hydroxyl groups excluding tert-OH is 1. The van der Waals surface area contributed by atoms with Crippen LogP contribution in [0, 0.1) is 5.92 Å². The number of nitrogens with zero attached hydrogens (tertiary/aromatic N) is 3. The summed E-state index contributed by atoms with van der Waals surface area (Å²) in [5.41, 5.74) is 3.08. The number of halogens is 3. The highest BCUT2D eigenvalue weighted by Gasteiger charge is 2.38. The Morgan fingerprint density at radius 1 is 1.11 bits per heavy atom. The summed E-state index contributed by atoms with van der Waals surface area (Å²) in [6.45, 7) is 2.07. The Hall–Kier alpha value is -1.85. The zero-order chi connectivity index (χ0) is 25.9. The van der Waals surface area contributed by atoms with Gasteiger partial charge in [0.15, 0.2) is 11.4 Å². The summed E-state index contributed by atoms with van der Waals surface area (Å²) in [4.78, 5) is 12.0. The normalized spacial score (nSPS) is 22.4. The third-order valence-electron chi connectivity index (χ3n) is 5.87. The van der Waals surface area contributed by atoms with Gasteiger partial charge < -0.3 is 24.5 Å². The van der Waals surface area contributed by atoms with Gasteiger partial charge in [-0.25, -0.2) is 0 Å². The maximum Gasteiger partial charge on any atom is 0.276 e. The third-order valence-corrected chi connectivity index (χ3v) is 7.51.